The number of hydrogen-bond acceptors (Lipinski definition) is 3. The third-order valence-electron chi connectivity index (χ3n) is 2.03. The van der Waals surface area contributed by atoms with Gasteiger partial charge in [-0.05, 0) is 47.5 Å². The highest BCUT2D eigenvalue weighted by atomic mass is 79.9. The van der Waals surface area contributed by atoms with Gasteiger partial charge in [-0.25, -0.2) is 0 Å². The summed E-state index contributed by atoms with van der Waals surface area (Å²) in [5.74, 6) is 0.737. The largest absolute Gasteiger partial charge is 0.490 e. The van der Waals surface area contributed by atoms with Crippen molar-refractivity contribution in [1.82, 2.24) is 0 Å². The van der Waals surface area contributed by atoms with Gasteiger partial charge >= 0.3 is 0 Å². The predicted molar refractivity (Wildman–Crippen MR) is 66.9 cm³/mol. The van der Waals surface area contributed by atoms with Crippen molar-refractivity contribution in [2.75, 3.05) is 19.8 Å². The Bertz CT molecular complexity index is 328. The maximum Gasteiger partial charge on any atom is 0.133 e. The fraction of sp³-hybridized carbons (Fsp3) is 0.500. The highest BCUT2D eigenvalue weighted by Gasteiger charge is 2.07. The lowest BCUT2D eigenvalue weighted by Gasteiger charge is -2.13. The second kappa shape index (κ2) is 6.89. The molecule has 1 N–H and O–H groups in total. The molecular weight excluding hydrogens is 272 g/mol. The maximum absolute atomic E-state index is 9.52. The lowest BCUT2D eigenvalue weighted by Crippen LogP contribution is -2.23. The van der Waals surface area contributed by atoms with Crippen LogP contribution >= 0.6 is 15.9 Å². The molecule has 0 amide bonds. The van der Waals surface area contributed by atoms with E-state index < -0.39 is 6.10 Å². The Morgan fingerprint density at radius 1 is 1.38 bits per heavy atom. The monoisotopic (exact) mass is 288 g/mol. The van der Waals surface area contributed by atoms with Gasteiger partial charge in [0.15, 0.2) is 0 Å². The molecule has 16 heavy (non-hydrogen) atoms. The molecule has 90 valence electrons. The van der Waals surface area contributed by atoms with Gasteiger partial charge in [-0.3, -0.25) is 0 Å². The summed E-state index contributed by atoms with van der Waals surface area (Å²) in [6, 6.07) is 5.83. The minimum Gasteiger partial charge on any atom is -0.490 e. The lowest BCUT2D eigenvalue weighted by molar-refractivity contribution is 0.0163. The van der Waals surface area contributed by atoms with Gasteiger partial charge in [0.2, 0.25) is 0 Å². The van der Waals surface area contributed by atoms with E-state index in [4.69, 9.17) is 9.47 Å². The molecule has 0 spiro atoms. The van der Waals surface area contributed by atoms with Crippen LogP contribution in [-0.2, 0) is 4.74 Å². The van der Waals surface area contributed by atoms with Crippen LogP contribution in [0, 0.1) is 6.92 Å². The smallest absolute Gasteiger partial charge is 0.133 e. The topological polar surface area (TPSA) is 38.7 Å². The second-order valence-electron chi connectivity index (χ2n) is 3.56. The zero-order chi connectivity index (χ0) is 12.0. The fourth-order valence-corrected chi connectivity index (χ4v) is 1.82. The average molecular weight is 289 g/mol. The Kier molecular flexibility index (Phi) is 5.80. The molecule has 4 heteroatoms. The molecular formula is C12H17BrO3. The zero-order valence-corrected chi connectivity index (χ0v) is 11.2. The third-order valence-corrected chi connectivity index (χ3v) is 2.65. The van der Waals surface area contributed by atoms with Crippen molar-refractivity contribution in [3.8, 4) is 5.75 Å². The van der Waals surface area contributed by atoms with E-state index in [1.165, 1.54) is 0 Å². The minimum atomic E-state index is -0.590. The molecule has 0 bridgehead atoms. The molecule has 0 saturated heterocycles. The molecule has 0 aliphatic heterocycles. The standard InChI is InChI=1S/C12H17BrO3/c1-3-15-7-10(14)8-16-12-5-4-9(2)6-11(12)13/h4-6,10,14H,3,7-8H2,1-2H3. The minimum absolute atomic E-state index is 0.238. The van der Waals surface area contributed by atoms with Crippen molar-refractivity contribution in [3.05, 3.63) is 28.2 Å². The number of aliphatic hydroxyl groups is 1. The molecule has 1 atom stereocenters. The van der Waals surface area contributed by atoms with Crippen molar-refractivity contribution >= 4 is 15.9 Å². The normalized spacial score (nSPS) is 12.5. The number of aliphatic hydroxyl groups excluding tert-OH is 1. The number of benzene rings is 1. The molecule has 0 aromatic heterocycles. The van der Waals surface area contributed by atoms with E-state index in [9.17, 15) is 5.11 Å². The van der Waals surface area contributed by atoms with Gasteiger partial charge in [0, 0.05) is 6.61 Å². The quantitative estimate of drug-likeness (QED) is 0.874. The van der Waals surface area contributed by atoms with E-state index in [0.717, 1.165) is 15.8 Å². The van der Waals surface area contributed by atoms with E-state index in [-0.39, 0.29) is 6.61 Å². The van der Waals surface area contributed by atoms with E-state index in [1.807, 2.05) is 32.0 Å². The first-order valence-electron chi connectivity index (χ1n) is 5.28. The molecule has 0 radical (unpaired) electrons. The van der Waals surface area contributed by atoms with E-state index >= 15 is 0 Å². The first-order valence-corrected chi connectivity index (χ1v) is 6.07. The Morgan fingerprint density at radius 3 is 2.75 bits per heavy atom. The molecule has 1 aromatic carbocycles. The van der Waals surface area contributed by atoms with Crippen molar-refractivity contribution in [1.29, 1.82) is 0 Å². The molecule has 0 saturated carbocycles. The summed E-state index contributed by atoms with van der Waals surface area (Å²) in [7, 11) is 0. The van der Waals surface area contributed by atoms with Crippen molar-refractivity contribution in [2.24, 2.45) is 0 Å². The number of halogens is 1. The van der Waals surface area contributed by atoms with Gasteiger partial charge in [0.05, 0.1) is 11.1 Å². The number of aryl methyl sites for hydroxylation is 1. The maximum atomic E-state index is 9.52. The van der Waals surface area contributed by atoms with E-state index in [0.29, 0.717) is 13.2 Å². The Labute approximate surface area is 105 Å². The van der Waals surface area contributed by atoms with Crippen LogP contribution in [0.25, 0.3) is 0 Å². The van der Waals surface area contributed by atoms with Crippen molar-refractivity contribution in [3.63, 3.8) is 0 Å². The summed E-state index contributed by atoms with van der Waals surface area (Å²) in [6.07, 6.45) is -0.590. The summed E-state index contributed by atoms with van der Waals surface area (Å²) in [6.45, 7) is 5.05. The first-order chi connectivity index (χ1) is 7.63. The lowest BCUT2D eigenvalue weighted by atomic mass is 10.2. The zero-order valence-electron chi connectivity index (χ0n) is 9.57. The van der Waals surface area contributed by atoms with E-state index in [1.54, 1.807) is 0 Å². The summed E-state index contributed by atoms with van der Waals surface area (Å²) in [4.78, 5) is 0. The van der Waals surface area contributed by atoms with Gasteiger partial charge in [-0.1, -0.05) is 6.07 Å². The molecule has 1 unspecified atom stereocenters. The average Bonchev–Trinajstić information content (AvgIpc) is 2.25. The number of rotatable bonds is 6. The number of hydrogen-bond donors (Lipinski definition) is 1. The van der Waals surface area contributed by atoms with Crippen LogP contribution in [0.2, 0.25) is 0 Å². The van der Waals surface area contributed by atoms with Crippen LogP contribution in [0.15, 0.2) is 22.7 Å². The van der Waals surface area contributed by atoms with Gasteiger partial charge in [-0.2, -0.15) is 0 Å². The molecule has 0 fully saturated rings. The van der Waals surface area contributed by atoms with Crippen LogP contribution < -0.4 is 4.74 Å². The highest BCUT2D eigenvalue weighted by Crippen LogP contribution is 2.25. The van der Waals surface area contributed by atoms with Crippen LogP contribution in [0.1, 0.15) is 12.5 Å². The Balaban J connectivity index is 2.42. The summed E-state index contributed by atoms with van der Waals surface area (Å²) in [5, 5.41) is 9.52. The molecule has 0 aliphatic carbocycles. The summed E-state index contributed by atoms with van der Waals surface area (Å²) >= 11 is 3.41. The summed E-state index contributed by atoms with van der Waals surface area (Å²) in [5.41, 5.74) is 1.16. The fourth-order valence-electron chi connectivity index (χ4n) is 1.21. The van der Waals surface area contributed by atoms with E-state index in [2.05, 4.69) is 15.9 Å². The van der Waals surface area contributed by atoms with Crippen LogP contribution in [0.5, 0.6) is 5.75 Å². The summed E-state index contributed by atoms with van der Waals surface area (Å²) < 4.78 is 11.5. The van der Waals surface area contributed by atoms with Gasteiger partial charge < -0.3 is 14.6 Å². The second-order valence-corrected chi connectivity index (χ2v) is 4.41. The molecule has 0 aliphatic rings. The highest BCUT2D eigenvalue weighted by molar-refractivity contribution is 9.10. The van der Waals surface area contributed by atoms with Gasteiger partial charge in [-0.15, -0.1) is 0 Å². The van der Waals surface area contributed by atoms with Crippen LogP contribution in [-0.4, -0.2) is 31.0 Å². The SMILES string of the molecule is CCOCC(O)COc1ccc(C)cc1Br. The first kappa shape index (κ1) is 13.5. The Morgan fingerprint density at radius 2 is 2.12 bits per heavy atom. The predicted octanol–water partition coefficient (Wildman–Crippen LogP) is 2.53. The van der Waals surface area contributed by atoms with Gasteiger partial charge in [0.1, 0.15) is 18.5 Å². The van der Waals surface area contributed by atoms with Crippen LogP contribution in [0.3, 0.4) is 0 Å². The van der Waals surface area contributed by atoms with Crippen LogP contribution in [0.4, 0.5) is 0 Å². The number of ether oxygens (including phenoxy) is 2. The molecule has 1 rings (SSSR count). The Hall–Kier alpha value is -0.580. The van der Waals surface area contributed by atoms with Crippen molar-refractivity contribution in [2.45, 2.75) is 20.0 Å². The molecule has 3 nitrogen and oxygen atoms in total. The van der Waals surface area contributed by atoms with Gasteiger partial charge in [0.25, 0.3) is 0 Å². The molecule has 0 heterocycles. The van der Waals surface area contributed by atoms with Crippen molar-refractivity contribution < 1.29 is 14.6 Å². The third kappa shape index (κ3) is 4.51. The molecule has 1 aromatic rings.